The summed E-state index contributed by atoms with van der Waals surface area (Å²) >= 11 is 1.43. The number of carbonyl (C=O) groups excluding carboxylic acids is 2. The third kappa shape index (κ3) is 9.09. The van der Waals surface area contributed by atoms with Crippen LogP contribution in [0.1, 0.15) is 68.6 Å². The number of hydrogen-bond acceptors (Lipinski definition) is 8. The summed E-state index contributed by atoms with van der Waals surface area (Å²) in [7, 11) is 4.00. The van der Waals surface area contributed by atoms with E-state index in [2.05, 4.69) is 28.9 Å². The van der Waals surface area contributed by atoms with Crippen molar-refractivity contribution < 1.29 is 18.7 Å². The number of Topliss-reactive ketones (excluding diaryl/α,β-unsaturated/α-hetero) is 1. The van der Waals surface area contributed by atoms with E-state index >= 15 is 0 Å². The van der Waals surface area contributed by atoms with E-state index in [1.165, 1.54) is 11.8 Å². The van der Waals surface area contributed by atoms with Crippen LogP contribution in [0, 0.1) is 5.92 Å². The number of carbonyl (C=O) groups is 2. The van der Waals surface area contributed by atoms with Crippen LogP contribution in [-0.4, -0.2) is 76.8 Å². The Morgan fingerprint density at radius 3 is 2.49 bits per heavy atom. The highest BCUT2D eigenvalue weighted by Crippen LogP contribution is 2.37. The number of hydrogen-bond donors (Lipinski definition) is 0. The lowest BCUT2D eigenvalue weighted by Gasteiger charge is -2.47. The van der Waals surface area contributed by atoms with Gasteiger partial charge in [0.05, 0.1) is 18.8 Å². The Bertz CT molecular complexity index is 951. The van der Waals surface area contributed by atoms with Gasteiger partial charge in [-0.2, -0.15) is 0 Å². The Morgan fingerprint density at radius 1 is 1.16 bits per heavy atom. The molecule has 1 amide bonds. The fourth-order valence-electron chi connectivity index (χ4n) is 4.76. The molecular formula is C27H41ClN4O4S. The first-order valence-electron chi connectivity index (χ1n) is 12.9. The average Bonchev–Trinajstić information content (AvgIpc) is 3.33. The van der Waals surface area contributed by atoms with Crippen LogP contribution in [-0.2, 0) is 16.1 Å². The maximum Gasteiger partial charge on any atom is 0.286 e. The standard InChI is InChI=1S/C27H40N4O4S.ClH/c1-21(2)17-23(24(33)25-28-29-26(35-25)36-16-15-30(3)4)31(20-32)27(13-9-6-10-14-27)19-34-18-22-11-7-5-8-12-22;/h5,7-8,11-12,20-21,23H,6,9-10,13-19H2,1-4H3;1H. The number of aromatic nitrogens is 2. The molecule has 0 N–H and O–H groups in total. The third-order valence-corrected chi connectivity index (χ3v) is 7.44. The van der Waals surface area contributed by atoms with E-state index in [0.717, 1.165) is 56.4 Å². The highest BCUT2D eigenvalue weighted by molar-refractivity contribution is 7.99. The fraction of sp³-hybridized carbons (Fsp3) is 0.630. The van der Waals surface area contributed by atoms with Crippen LogP contribution >= 0.6 is 24.2 Å². The Kier molecular flexibility index (Phi) is 13.1. The molecule has 0 bridgehead atoms. The molecule has 206 valence electrons. The smallest absolute Gasteiger partial charge is 0.286 e. The molecule has 1 unspecified atom stereocenters. The number of nitrogens with zero attached hydrogens (tertiary/aromatic N) is 4. The molecule has 1 fully saturated rings. The van der Waals surface area contributed by atoms with Crippen LogP contribution in [0.15, 0.2) is 40.0 Å². The van der Waals surface area contributed by atoms with Gasteiger partial charge in [-0.25, -0.2) is 0 Å². The Morgan fingerprint density at radius 2 is 1.86 bits per heavy atom. The zero-order chi connectivity index (χ0) is 26.0. The van der Waals surface area contributed by atoms with Crippen LogP contribution in [0.25, 0.3) is 0 Å². The molecule has 1 heterocycles. The van der Waals surface area contributed by atoms with Crippen molar-refractivity contribution in [3.05, 3.63) is 41.8 Å². The van der Waals surface area contributed by atoms with Crippen molar-refractivity contribution in [3.63, 3.8) is 0 Å². The van der Waals surface area contributed by atoms with Crippen molar-refractivity contribution >= 4 is 36.4 Å². The van der Waals surface area contributed by atoms with Gasteiger partial charge in [0.25, 0.3) is 11.1 Å². The van der Waals surface area contributed by atoms with Gasteiger partial charge in [0.2, 0.25) is 12.2 Å². The first kappa shape index (κ1) is 31.3. The number of halogens is 1. The van der Waals surface area contributed by atoms with Crippen LogP contribution in [0.4, 0.5) is 0 Å². The van der Waals surface area contributed by atoms with E-state index in [1.807, 2.05) is 44.4 Å². The molecule has 1 aliphatic rings. The quantitative estimate of drug-likeness (QED) is 0.171. The van der Waals surface area contributed by atoms with Crippen molar-refractivity contribution in [2.75, 3.05) is 33.0 Å². The van der Waals surface area contributed by atoms with Crippen molar-refractivity contribution in [3.8, 4) is 0 Å². The van der Waals surface area contributed by atoms with Gasteiger partial charge >= 0.3 is 0 Å². The van der Waals surface area contributed by atoms with Gasteiger partial charge in [0.15, 0.2) is 0 Å². The van der Waals surface area contributed by atoms with Gasteiger partial charge in [-0.15, -0.1) is 22.6 Å². The topological polar surface area (TPSA) is 88.8 Å². The van der Waals surface area contributed by atoms with Gasteiger partial charge < -0.3 is 19.0 Å². The maximum absolute atomic E-state index is 13.7. The lowest BCUT2D eigenvalue weighted by Crippen LogP contribution is -2.59. The predicted molar refractivity (Wildman–Crippen MR) is 148 cm³/mol. The summed E-state index contributed by atoms with van der Waals surface area (Å²) in [4.78, 5) is 30.1. The summed E-state index contributed by atoms with van der Waals surface area (Å²) < 4.78 is 11.9. The first-order chi connectivity index (χ1) is 17.3. The summed E-state index contributed by atoms with van der Waals surface area (Å²) in [5, 5.41) is 8.50. The molecule has 37 heavy (non-hydrogen) atoms. The Hall–Kier alpha value is -1.94. The summed E-state index contributed by atoms with van der Waals surface area (Å²) in [5.74, 6) is 0.650. The van der Waals surface area contributed by atoms with E-state index in [0.29, 0.717) is 24.9 Å². The monoisotopic (exact) mass is 552 g/mol. The van der Waals surface area contributed by atoms with Crippen molar-refractivity contribution in [1.82, 2.24) is 20.0 Å². The highest BCUT2D eigenvalue weighted by Gasteiger charge is 2.44. The van der Waals surface area contributed by atoms with E-state index in [4.69, 9.17) is 9.15 Å². The van der Waals surface area contributed by atoms with E-state index < -0.39 is 11.6 Å². The average molecular weight is 553 g/mol. The second kappa shape index (κ2) is 15.5. The summed E-state index contributed by atoms with van der Waals surface area (Å²) in [5.41, 5.74) is 0.550. The number of ketones is 1. The number of ether oxygens (including phenoxy) is 1. The summed E-state index contributed by atoms with van der Waals surface area (Å²) in [6.45, 7) is 5.82. The SMILES string of the molecule is CC(C)CC(C(=O)c1nnc(SCCN(C)C)o1)N(C=O)C1(COCc2ccccc2)CCCCC1.Cl. The van der Waals surface area contributed by atoms with Crippen LogP contribution < -0.4 is 0 Å². The normalized spacial score (nSPS) is 15.8. The van der Waals surface area contributed by atoms with Crippen LogP contribution in [0.3, 0.4) is 0 Å². The minimum absolute atomic E-state index is 0. The molecule has 1 aromatic carbocycles. The van der Waals surface area contributed by atoms with Crippen molar-refractivity contribution in [2.45, 2.75) is 75.8 Å². The summed E-state index contributed by atoms with van der Waals surface area (Å²) in [6.07, 6.45) is 6.07. The van der Waals surface area contributed by atoms with Crippen molar-refractivity contribution in [1.29, 1.82) is 0 Å². The third-order valence-electron chi connectivity index (χ3n) is 6.64. The van der Waals surface area contributed by atoms with Gasteiger partial charge in [-0.3, -0.25) is 9.59 Å². The minimum atomic E-state index is -0.680. The molecule has 1 aliphatic carbocycles. The molecule has 0 aliphatic heterocycles. The van der Waals surface area contributed by atoms with Gasteiger partial charge in [0.1, 0.15) is 6.04 Å². The molecule has 1 saturated carbocycles. The number of rotatable bonds is 15. The zero-order valence-corrected chi connectivity index (χ0v) is 24.1. The van der Waals surface area contributed by atoms with Crippen molar-refractivity contribution in [2.24, 2.45) is 5.92 Å². The summed E-state index contributed by atoms with van der Waals surface area (Å²) in [6, 6.07) is 9.33. The minimum Gasteiger partial charge on any atom is -0.408 e. The first-order valence-corrected chi connectivity index (χ1v) is 13.8. The molecule has 1 atom stereocenters. The van der Waals surface area contributed by atoms with E-state index in [9.17, 15) is 9.59 Å². The van der Waals surface area contributed by atoms with Gasteiger partial charge in [-0.1, -0.05) is 75.2 Å². The van der Waals surface area contributed by atoms with E-state index in [-0.39, 0.29) is 30.0 Å². The van der Waals surface area contributed by atoms with Crippen LogP contribution in [0.5, 0.6) is 0 Å². The fourth-order valence-corrected chi connectivity index (χ4v) is 5.62. The maximum atomic E-state index is 13.7. The molecule has 0 spiro atoms. The molecular weight excluding hydrogens is 512 g/mol. The molecule has 0 radical (unpaired) electrons. The molecule has 8 nitrogen and oxygen atoms in total. The molecule has 0 saturated heterocycles. The van der Waals surface area contributed by atoms with Gasteiger partial charge in [-0.05, 0) is 44.8 Å². The molecule has 3 rings (SSSR count). The zero-order valence-electron chi connectivity index (χ0n) is 22.4. The number of thioether (sulfide) groups is 1. The number of benzene rings is 1. The molecule has 1 aromatic heterocycles. The Balaban J connectivity index is 0.00000481. The largest absolute Gasteiger partial charge is 0.408 e. The second-order valence-corrected chi connectivity index (χ2v) is 11.4. The highest BCUT2D eigenvalue weighted by atomic mass is 35.5. The van der Waals surface area contributed by atoms with E-state index in [1.54, 1.807) is 4.90 Å². The lowest BCUT2D eigenvalue weighted by atomic mass is 9.79. The lowest BCUT2D eigenvalue weighted by molar-refractivity contribution is -0.133. The molecule has 10 heteroatoms. The number of amides is 1. The van der Waals surface area contributed by atoms with Gasteiger partial charge in [0, 0.05) is 12.3 Å². The molecule has 2 aromatic rings. The second-order valence-electron chi connectivity index (χ2n) is 10.3. The van der Waals surface area contributed by atoms with Crippen LogP contribution in [0.2, 0.25) is 0 Å². The predicted octanol–water partition coefficient (Wildman–Crippen LogP) is 5.12. The Labute approximate surface area is 231 Å².